The molecular formula is C18H26N4O. The van der Waals surface area contributed by atoms with Crippen molar-refractivity contribution >= 4 is 5.65 Å². The lowest BCUT2D eigenvalue weighted by Gasteiger charge is -2.25. The number of rotatable bonds is 3. The van der Waals surface area contributed by atoms with Crippen LogP contribution in [0, 0.1) is 25.7 Å². The summed E-state index contributed by atoms with van der Waals surface area (Å²) >= 11 is 0. The van der Waals surface area contributed by atoms with Crippen LogP contribution in [0.15, 0.2) is 12.3 Å². The number of nitrogens with zero attached hydrogens (tertiary/aromatic N) is 4. The number of aliphatic hydroxyl groups excluding tert-OH is 1. The van der Waals surface area contributed by atoms with Gasteiger partial charge in [-0.25, -0.2) is 9.50 Å². The van der Waals surface area contributed by atoms with Gasteiger partial charge in [0.2, 0.25) is 0 Å². The largest absolute Gasteiger partial charge is 0.393 e. The molecule has 0 aromatic carbocycles. The van der Waals surface area contributed by atoms with Crippen LogP contribution in [0.5, 0.6) is 0 Å². The fraction of sp³-hybridized carbons (Fsp3) is 0.667. The molecule has 23 heavy (non-hydrogen) atoms. The van der Waals surface area contributed by atoms with Crippen molar-refractivity contribution in [2.75, 3.05) is 7.05 Å². The van der Waals surface area contributed by atoms with Gasteiger partial charge in [-0.05, 0) is 64.5 Å². The van der Waals surface area contributed by atoms with Gasteiger partial charge in [0.1, 0.15) is 0 Å². The van der Waals surface area contributed by atoms with E-state index in [0.717, 1.165) is 48.3 Å². The van der Waals surface area contributed by atoms with E-state index in [9.17, 15) is 5.11 Å². The van der Waals surface area contributed by atoms with Crippen LogP contribution in [-0.4, -0.2) is 43.8 Å². The predicted octanol–water partition coefficient (Wildman–Crippen LogP) is 2.33. The first kappa shape index (κ1) is 15.1. The van der Waals surface area contributed by atoms with Crippen LogP contribution in [0.25, 0.3) is 5.65 Å². The maximum atomic E-state index is 9.80. The van der Waals surface area contributed by atoms with Gasteiger partial charge in [0.15, 0.2) is 5.65 Å². The van der Waals surface area contributed by atoms with Crippen LogP contribution in [0.2, 0.25) is 0 Å². The SMILES string of the molecule is Cc1cc(C)n2ncc(CN(C)C3C[C@H]4CC(O)C[C@H]4C3)c2n1. The van der Waals surface area contributed by atoms with E-state index < -0.39 is 0 Å². The molecule has 2 unspecified atom stereocenters. The first-order chi connectivity index (χ1) is 11.0. The second kappa shape index (κ2) is 5.56. The summed E-state index contributed by atoms with van der Waals surface area (Å²) in [6, 6.07) is 2.69. The molecule has 2 aromatic heterocycles. The average Bonchev–Trinajstić information content (AvgIpc) is 3.12. The molecule has 0 spiro atoms. The van der Waals surface area contributed by atoms with Crippen molar-refractivity contribution in [3.8, 4) is 0 Å². The molecule has 4 rings (SSSR count). The minimum absolute atomic E-state index is 0.0500. The fourth-order valence-electron chi connectivity index (χ4n) is 4.74. The molecule has 1 N–H and O–H groups in total. The molecule has 124 valence electrons. The molecule has 0 amide bonds. The van der Waals surface area contributed by atoms with Gasteiger partial charge >= 0.3 is 0 Å². The van der Waals surface area contributed by atoms with Crippen molar-refractivity contribution in [1.82, 2.24) is 19.5 Å². The summed E-state index contributed by atoms with van der Waals surface area (Å²) < 4.78 is 1.94. The third kappa shape index (κ3) is 2.66. The minimum Gasteiger partial charge on any atom is -0.393 e. The van der Waals surface area contributed by atoms with Crippen LogP contribution in [0.1, 0.15) is 42.6 Å². The lowest BCUT2D eigenvalue weighted by atomic mass is 10.0. The number of hydrogen-bond acceptors (Lipinski definition) is 4. The van der Waals surface area contributed by atoms with Crippen LogP contribution in [0.3, 0.4) is 0 Å². The molecule has 0 aliphatic heterocycles. The first-order valence-electron chi connectivity index (χ1n) is 8.70. The zero-order chi connectivity index (χ0) is 16.1. The highest BCUT2D eigenvalue weighted by Crippen LogP contribution is 2.45. The second-order valence-electron chi connectivity index (χ2n) is 7.63. The molecule has 2 saturated carbocycles. The molecule has 0 bridgehead atoms. The highest BCUT2D eigenvalue weighted by molar-refractivity contribution is 5.47. The summed E-state index contributed by atoms with van der Waals surface area (Å²) in [6.07, 6.45) is 6.37. The Bertz CT molecular complexity index is 711. The Morgan fingerprint density at radius 3 is 2.61 bits per heavy atom. The van der Waals surface area contributed by atoms with Gasteiger partial charge in [0.25, 0.3) is 0 Å². The molecule has 2 aromatic rings. The van der Waals surface area contributed by atoms with Gasteiger partial charge in [0, 0.05) is 29.5 Å². The van der Waals surface area contributed by atoms with Crippen molar-refractivity contribution in [2.45, 2.75) is 58.2 Å². The molecule has 2 heterocycles. The van der Waals surface area contributed by atoms with Crippen LogP contribution >= 0.6 is 0 Å². The van der Waals surface area contributed by atoms with Crippen molar-refractivity contribution in [2.24, 2.45) is 11.8 Å². The molecule has 5 nitrogen and oxygen atoms in total. The quantitative estimate of drug-likeness (QED) is 0.945. The summed E-state index contributed by atoms with van der Waals surface area (Å²) in [6.45, 7) is 5.01. The standard InChI is InChI=1S/C18H26N4O/c1-11-4-12(2)22-18(20-11)15(9-19-22)10-21(3)16-5-13-7-17(23)8-14(13)6-16/h4,9,13-14,16-17,23H,5-8,10H2,1-3H3/t13-,14+,16?,17?. The van der Waals surface area contributed by atoms with Gasteiger partial charge in [-0.1, -0.05) is 0 Å². The number of fused-ring (bicyclic) bond motifs is 2. The fourth-order valence-corrected chi connectivity index (χ4v) is 4.74. The molecule has 5 heteroatoms. The van der Waals surface area contributed by atoms with Gasteiger partial charge in [-0.3, -0.25) is 4.90 Å². The van der Waals surface area contributed by atoms with E-state index >= 15 is 0 Å². The van der Waals surface area contributed by atoms with Crippen molar-refractivity contribution in [1.29, 1.82) is 0 Å². The Kier molecular flexibility index (Phi) is 3.65. The maximum absolute atomic E-state index is 9.80. The third-order valence-electron chi connectivity index (χ3n) is 5.86. The lowest BCUT2D eigenvalue weighted by molar-refractivity contribution is 0.158. The van der Waals surface area contributed by atoms with Crippen molar-refractivity contribution < 1.29 is 5.11 Å². The van der Waals surface area contributed by atoms with Gasteiger partial charge in [-0.2, -0.15) is 5.10 Å². The number of hydrogen-bond donors (Lipinski definition) is 1. The smallest absolute Gasteiger partial charge is 0.159 e. The minimum atomic E-state index is -0.0500. The van der Waals surface area contributed by atoms with Crippen molar-refractivity contribution in [3.63, 3.8) is 0 Å². The molecule has 2 aliphatic carbocycles. The Labute approximate surface area is 137 Å². The number of aryl methyl sites for hydroxylation is 2. The van der Waals surface area contributed by atoms with Gasteiger partial charge in [-0.15, -0.1) is 0 Å². The Balaban J connectivity index is 1.50. The summed E-state index contributed by atoms with van der Waals surface area (Å²) in [4.78, 5) is 7.14. The van der Waals surface area contributed by atoms with E-state index in [1.54, 1.807) is 0 Å². The predicted molar refractivity (Wildman–Crippen MR) is 89.2 cm³/mol. The molecule has 2 fully saturated rings. The van der Waals surface area contributed by atoms with Crippen LogP contribution in [-0.2, 0) is 6.54 Å². The van der Waals surface area contributed by atoms with E-state index in [0.29, 0.717) is 6.04 Å². The van der Waals surface area contributed by atoms with Gasteiger partial charge in [0.05, 0.1) is 12.3 Å². The molecular weight excluding hydrogens is 288 g/mol. The summed E-state index contributed by atoms with van der Waals surface area (Å²) in [7, 11) is 2.22. The Morgan fingerprint density at radius 1 is 1.22 bits per heavy atom. The average molecular weight is 314 g/mol. The first-order valence-corrected chi connectivity index (χ1v) is 8.70. The second-order valence-corrected chi connectivity index (χ2v) is 7.63. The van der Waals surface area contributed by atoms with E-state index in [4.69, 9.17) is 0 Å². The van der Waals surface area contributed by atoms with E-state index in [2.05, 4.69) is 35.0 Å². The zero-order valence-corrected chi connectivity index (χ0v) is 14.2. The van der Waals surface area contributed by atoms with E-state index in [-0.39, 0.29) is 6.10 Å². The normalized spacial score (nSPS) is 30.5. The summed E-state index contributed by atoms with van der Waals surface area (Å²) in [5.74, 6) is 1.45. The van der Waals surface area contributed by atoms with Crippen LogP contribution in [0.4, 0.5) is 0 Å². The molecule has 4 atom stereocenters. The summed E-state index contributed by atoms with van der Waals surface area (Å²) in [5, 5.41) is 14.3. The van der Waals surface area contributed by atoms with Gasteiger partial charge < -0.3 is 5.11 Å². The highest BCUT2D eigenvalue weighted by atomic mass is 16.3. The Hall–Kier alpha value is -1.46. The van der Waals surface area contributed by atoms with E-state index in [1.165, 1.54) is 18.4 Å². The summed E-state index contributed by atoms with van der Waals surface area (Å²) in [5.41, 5.74) is 4.37. The topological polar surface area (TPSA) is 53.7 Å². The third-order valence-corrected chi connectivity index (χ3v) is 5.86. The monoisotopic (exact) mass is 314 g/mol. The number of aromatic nitrogens is 3. The van der Waals surface area contributed by atoms with Crippen molar-refractivity contribution in [3.05, 3.63) is 29.2 Å². The van der Waals surface area contributed by atoms with Crippen LogP contribution < -0.4 is 0 Å². The molecule has 2 aliphatic rings. The Morgan fingerprint density at radius 2 is 1.91 bits per heavy atom. The molecule has 0 saturated heterocycles. The lowest BCUT2D eigenvalue weighted by Crippen LogP contribution is -2.29. The zero-order valence-electron chi connectivity index (χ0n) is 14.2. The number of aliphatic hydroxyl groups is 1. The highest BCUT2D eigenvalue weighted by Gasteiger charge is 2.42. The van der Waals surface area contributed by atoms with E-state index in [1.807, 2.05) is 17.6 Å². The molecule has 0 radical (unpaired) electrons. The maximum Gasteiger partial charge on any atom is 0.159 e.